The number of anilines is 1. The zero-order valence-corrected chi connectivity index (χ0v) is 15.7. The van der Waals surface area contributed by atoms with Crippen LogP contribution in [0.25, 0.3) is 11.5 Å². The number of hydrogen-bond donors (Lipinski definition) is 3. The maximum Gasteiger partial charge on any atom is 0.127 e. The van der Waals surface area contributed by atoms with Gasteiger partial charge < -0.3 is 16.8 Å². The van der Waals surface area contributed by atoms with Crippen molar-refractivity contribution >= 4 is 17.3 Å². The molecule has 1 aliphatic carbocycles. The van der Waals surface area contributed by atoms with Crippen LogP contribution in [0.1, 0.15) is 43.2 Å². The van der Waals surface area contributed by atoms with Gasteiger partial charge in [0.2, 0.25) is 0 Å². The van der Waals surface area contributed by atoms with Gasteiger partial charge >= 0.3 is 0 Å². The number of nitrogens with one attached hydrogen (secondary N) is 1. The van der Waals surface area contributed by atoms with Crippen LogP contribution in [0.15, 0.2) is 30.5 Å². The Morgan fingerprint density at radius 2 is 2.07 bits per heavy atom. The van der Waals surface area contributed by atoms with Crippen LogP contribution in [0, 0.1) is 12.7 Å². The fourth-order valence-electron chi connectivity index (χ4n) is 3.78. The zero-order valence-electron chi connectivity index (χ0n) is 15.7. The van der Waals surface area contributed by atoms with Gasteiger partial charge in [-0.05, 0) is 44.0 Å². The summed E-state index contributed by atoms with van der Waals surface area (Å²) in [7, 11) is 0. The number of benzene rings is 1. The molecule has 6 heteroatoms. The molecule has 0 bridgehead atoms. The normalized spacial score (nSPS) is 17.6. The second-order valence-electron chi connectivity index (χ2n) is 7.04. The van der Waals surface area contributed by atoms with E-state index in [-0.39, 0.29) is 11.9 Å². The third-order valence-corrected chi connectivity index (χ3v) is 5.23. The summed E-state index contributed by atoms with van der Waals surface area (Å²) in [5.41, 5.74) is 13.5. The first-order valence-corrected chi connectivity index (χ1v) is 9.32. The highest BCUT2D eigenvalue weighted by atomic mass is 19.1. The summed E-state index contributed by atoms with van der Waals surface area (Å²) in [4.78, 5) is 4.05. The van der Waals surface area contributed by atoms with E-state index >= 15 is 4.39 Å². The highest BCUT2D eigenvalue weighted by Crippen LogP contribution is 2.36. The predicted octanol–water partition coefficient (Wildman–Crippen LogP) is 2.20. The fraction of sp³-hybridized carbons (Fsp3) is 0.381. The maximum absolute atomic E-state index is 15.4. The van der Waals surface area contributed by atoms with E-state index in [1.54, 1.807) is 25.1 Å². The summed E-state index contributed by atoms with van der Waals surface area (Å²) in [6, 6.07) is 6.66. The number of pyridine rings is 1. The van der Waals surface area contributed by atoms with E-state index in [0.717, 1.165) is 24.1 Å². The Hall–Kier alpha value is -2.47. The van der Waals surface area contributed by atoms with Crippen LogP contribution in [0.2, 0.25) is 0 Å². The van der Waals surface area contributed by atoms with Crippen molar-refractivity contribution in [3.8, 4) is 0 Å². The lowest BCUT2D eigenvalue weighted by Gasteiger charge is -2.27. The summed E-state index contributed by atoms with van der Waals surface area (Å²) in [6.45, 7) is 4.43. The molecular formula is C21H26F2N4. The molecule has 0 saturated carbocycles. The van der Waals surface area contributed by atoms with Crippen LogP contribution in [0.3, 0.4) is 0 Å². The molecule has 1 heterocycles. The molecule has 144 valence electrons. The minimum absolute atomic E-state index is 0.163. The first kappa shape index (κ1) is 19.3. The predicted molar refractivity (Wildman–Crippen MR) is 105 cm³/mol. The largest absolute Gasteiger partial charge is 0.385 e. The van der Waals surface area contributed by atoms with Crippen LogP contribution in [-0.4, -0.2) is 17.6 Å². The van der Waals surface area contributed by atoms with E-state index in [2.05, 4.69) is 17.2 Å². The lowest BCUT2D eigenvalue weighted by atomic mass is 9.85. The number of aromatic nitrogens is 1. The fourth-order valence-corrected chi connectivity index (χ4v) is 3.78. The van der Waals surface area contributed by atoms with Gasteiger partial charge in [-0.3, -0.25) is 0 Å². The molecule has 0 radical (unpaired) electrons. The number of nitrogens with zero attached hydrogens (tertiary/aromatic N) is 1. The number of fused-ring (bicyclic) bond motifs is 1. The minimum atomic E-state index is -0.693. The second kappa shape index (κ2) is 8.05. The molecule has 2 unspecified atom stereocenters. The highest BCUT2D eigenvalue weighted by Gasteiger charge is 2.28. The standard InChI is InChI=1S/C21H26F2N4/c1-3-13(7-8-24)27-18-9-15(20-12(2)5-4-6-17(20)22)21(23)16-11-26-19(25)10-14(16)18/h4-6,10-11,13,15,27H,3,7-9,24-25H2,1-2H3. The second-order valence-corrected chi connectivity index (χ2v) is 7.04. The molecule has 27 heavy (non-hydrogen) atoms. The number of aryl methyl sites for hydroxylation is 1. The van der Waals surface area contributed by atoms with E-state index in [0.29, 0.717) is 34.8 Å². The van der Waals surface area contributed by atoms with Crippen LogP contribution in [0.4, 0.5) is 14.6 Å². The van der Waals surface area contributed by atoms with Crippen molar-refractivity contribution in [3.05, 3.63) is 57.8 Å². The topological polar surface area (TPSA) is 77.0 Å². The molecule has 1 aliphatic rings. The van der Waals surface area contributed by atoms with Crippen molar-refractivity contribution in [1.82, 2.24) is 10.3 Å². The van der Waals surface area contributed by atoms with Crippen molar-refractivity contribution in [3.63, 3.8) is 0 Å². The van der Waals surface area contributed by atoms with E-state index in [1.807, 2.05) is 0 Å². The Morgan fingerprint density at radius 1 is 1.30 bits per heavy atom. The van der Waals surface area contributed by atoms with Crippen LogP contribution in [0.5, 0.6) is 0 Å². The average molecular weight is 372 g/mol. The van der Waals surface area contributed by atoms with Crippen molar-refractivity contribution < 1.29 is 8.78 Å². The Labute approximate surface area is 158 Å². The van der Waals surface area contributed by atoms with Crippen molar-refractivity contribution in [2.75, 3.05) is 12.3 Å². The van der Waals surface area contributed by atoms with Gasteiger partial charge in [0.05, 0.1) is 0 Å². The summed E-state index contributed by atoms with van der Waals surface area (Å²) >= 11 is 0. The Bertz CT molecular complexity index is 935. The molecule has 0 spiro atoms. The number of halogens is 2. The minimum Gasteiger partial charge on any atom is -0.385 e. The molecule has 0 aliphatic heterocycles. The molecule has 5 N–H and O–H groups in total. The monoisotopic (exact) mass is 372 g/mol. The quantitative estimate of drug-likeness (QED) is 0.727. The molecular weight excluding hydrogens is 346 g/mol. The van der Waals surface area contributed by atoms with Crippen LogP contribution >= 0.6 is 0 Å². The Morgan fingerprint density at radius 3 is 2.74 bits per heavy atom. The molecule has 1 aromatic carbocycles. The smallest absolute Gasteiger partial charge is 0.127 e. The molecule has 1 aromatic heterocycles. The van der Waals surface area contributed by atoms with Gasteiger partial charge in [-0.2, -0.15) is 0 Å². The van der Waals surface area contributed by atoms with Gasteiger partial charge in [-0.1, -0.05) is 19.1 Å². The summed E-state index contributed by atoms with van der Waals surface area (Å²) in [5.74, 6) is -1.13. The number of nitrogen functional groups attached to an aromatic ring is 1. The highest BCUT2D eigenvalue weighted by molar-refractivity contribution is 5.62. The van der Waals surface area contributed by atoms with Crippen LogP contribution in [-0.2, 0) is 0 Å². The number of rotatable bonds is 6. The van der Waals surface area contributed by atoms with E-state index < -0.39 is 11.7 Å². The van der Waals surface area contributed by atoms with Crippen molar-refractivity contribution in [1.29, 1.82) is 0 Å². The Kier molecular flexibility index (Phi) is 5.75. The third kappa shape index (κ3) is 3.81. The lowest BCUT2D eigenvalue weighted by Crippen LogP contribution is -2.42. The first-order valence-electron chi connectivity index (χ1n) is 9.32. The molecule has 2 aromatic rings. The maximum atomic E-state index is 15.4. The molecule has 0 amide bonds. The molecule has 2 atom stereocenters. The summed E-state index contributed by atoms with van der Waals surface area (Å²) in [6.07, 6.45) is 3.46. The van der Waals surface area contributed by atoms with Gasteiger partial charge in [0.25, 0.3) is 0 Å². The summed E-state index contributed by atoms with van der Waals surface area (Å²) in [5, 5.41) is 4.56. The number of hydrogen-bond acceptors (Lipinski definition) is 4. The molecule has 0 fully saturated rings. The van der Waals surface area contributed by atoms with Crippen LogP contribution < -0.4 is 27.2 Å². The number of nitrogens with two attached hydrogens (primary N) is 2. The SMILES string of the molecule is CCC(CCN)NC1=c2cc(N)ncc2=C(F)C(c2c(C)cccc2F)C1. The summed E-state index contributed by atoms with van der Waals surface area (Å²) < 4.78 is 29.9. The van der Waals surface area contributed by atoms with Gasteiger partial charge in [-0.25, -0.2) is 13.8 Å². The average Bonchev–Trinajstić information content (AvgIpc) is 2.64. The van der Waals surface area contributed by atoms with E-state index in [1.165, 1.54) is 12.3 Å². The lowest BCUT2D eigenvalue weighted by molar-refractivity contribution is 0.521. The Balaban J connectivity index is 2.18. The van der Waals surface area contributed by atoms with Gasteiger partial charge in [0, 0.05) is 46.3 Å². The third-order valence-electron chi connectivity index (χ3n) is 5.23. The molecule has 0 saturated heterocycles. The van der Waals surface area contributed by atoms with Crippen molar-refractivity contribution in [2.45, 2.75) is 45.1 Å². The van der Waals surface area contributed by atoms with Gasteiger partial charge in [0.1, 0.15) is 17.5 Å². The van der Waals surface area contributed by atoms with Gasteiger partial charge in [-0.15, -0.1) is 0 Å². The molecule has 3 rings (SSSR count). The van der Waals surface area contributed by atoms with E-state index in [9.17, 15) is 4.39 Å². The first-order chi connectivity index (χ1) is 13.0. The van der Waals surface area contributed by atoms with Gasteiger partial charge in [0.15, 0.2) is 0 Å². The van der Waals surface area contributed by atoms with Crippen molar-refractivity contribution in [2.24, 2.45) is 5.73 Å². The van der Waals surface area contributed by atoms with E-state index in [4.69, 9.17) is 11.5 Å². The molecule has 4 nitrogen and oxygen atoms in total. The zero-order chi connectivity index (χ0) is 19.6.